The molecule has 8 heteroatoms. The molecule has 1 amide bonds. The Labute approximate surface area is 195 Å². The fraction of sp³-hybridized carbons (Fsp3) is 0.480. The third-order valence-corrected chi connectivity index (χ3v) is 5.70. The molecule has 1 unspecified atom stereocenters. The molecule has 1 atom stereocenters. The first-order valence-corrected chi connectivity index (χ1v) is 11.1. The number of morpholine rings is 1. The minimum absolute atomic E-state index is 0.106. The van der Waals surface area contributed by atoms with Crippen LogP contribution in [0.25, 0.3) is 0 Å². The zero-order valence-electron chi connectivity index (χ0n) is 19.9. The molecular formula is C25H34FN3O4. The zero-order valence-corrected chi connectivity index (χ0v) is 19.9. The van der Waals surface area contributed by atoms with E-state index in [0.29, 0.717) is 43.3 Å². The number of hydrogen-bond donors (Lipinski definition) is 0. The van der Waals surface area contributed by atoms with Crippen LogP contribution in [-0.4, -0.2) is 94.4 Å². The first kappa shape index (κ1) is 25.0. The molecule has 0 aliphatic carbocycles. The number of benzene rings is 2. The summed E-state index contributed by atoms with van der Waals surface area (Å²) >= 11 is 0. The van der Waals surface area contributed by atoms with Gasteiger partial charge in [-0.15, -0.1) is 0 Å². The van der Waals surface area contributed by atoms with E-state index in [1.165, 1.54) is 24.3 Å². The summed E-state index contributed by atoms with van der Waals surface area (Å²) in [4.78, 5) is 19.3. The van der Waals surface area contributed by atoms with E-state index in [1.807, 2.05) is 37.2 Å². The van der Waals surface area contributed by atoms with Crippen molar-refractivity contribution in [2.75, 3.05) is 67.6 Å². The molecule has 0 aromatic heterocycles. The van der Waals surface area contributed by atoms with E-state index >= 15 is 0 Å². The molecule has 2 aromatic carbocycles. The summed E-state index contributed by atoms with van der Waals surface area (Å²) in [6.45, 7) is 4.66. The van der Waals surface area contributed by atoms with E-state index < -0.39 is 0 Å². The first-order valence-electron chi connectivity index (χ1n) is 11.1. The summed E-state index contributed by atoms with van der Waals surface area (Å²) in [6, 6.07) is 11.6. The SMILES string of the molecule is COc1ccc(CN2CCOC(CN(CCN(C)C)C(=O)c3ccc(F)cc3)C2)cc1OC. The van der Waals surface area contributed by atoms with Crippen molar-refractivity contribution in [3.05, 3.63) is 59.4 Å². The van der Waals surface area contributed by atoms with Gasteiger partial charge in [0.2, 0.25) is 0 Å². The van der Waals surface area contributed by atoms with Gasteiger partial charge in [0.15, 0.2) is 11.5 Å². The van der Waals surface area contributed by atoms with Gasteiger partial charge in [0.1, 0.15) is 5.82 Å². The molecule has 180 valence electrons. The van der Waals surface area contributed by atoms with Crippen molar-refractivity contribution >= 4 is 5.91 Å². The molecule has 7 nitrogen and oxygen atoms in total. The Hall–Kier alpha value is -2.68. The molecule has 1 aliphatic rings. The first-order chi connectivity index (χ1) is 15.9. The largest absolute Gasteiger partial charge is 0.493 e. The highest BCUT2D eigenvalue weighted by Gasteiger charge is 2.26. The second-order valence-electron chi connectivity index (χ2n) is 8.48. The zero-order chi connectivity index (χ0) is 23.8. The normalized spacial score (nSPS) is 16.6. The van der Waals surface area contributed by atoms with E-state index in [1.54, 1.807) is 19.1 Å². The maximum atomic E-state index is 13.3. The van der Waals surface area contributed by atoms with Gasteiger partial charge < -0.3 is 24.0 Å². The lowest BCUT2D eigenvalue weighted by molar-refractivity contribution is -0.0433. The van der Waals surface area contributed by atoms with Crippen LogP contribution in [0.1, 0.15) is 15.9 Å². The van der Waals surface area contributed by atoms with Crippen molar-refractivity contribution in [3.63, 3.8) is 0 Å². The van der Waals surface area contributed by atoms with Gasteiger partial charge in [0.05, 0.1) is 26.9 Å². The van der Waals surface area contributed by atoms with Crippen LogP contribution in [0.3, 0.4) is 0 Å². The summed E-state index contributed by atoms with van der Waals surface area (Å²) in [5.74, 6) is 0.946. The highest BCUT2D eigenvalue weighted by molar-refractivity contribution is 5.94. The van der Waals surface area contributed by atoms with Crippen LogP contribution < -0.4 is 9.47 Å². The number of carbonyl (C=O) groups excluding carboxylic acids is 1. The Balaban J connectivity index is 1.66. The van der Waals surface area contributed by atoms with Gasteiger partial charge in [-0.2, -0.15) is 0 Å². The van der Waals surface area contributed by atoms with Crippen LogP contribution in [0.5, 0.6) is 11.5 Å². The molecule has 1 fully saturated rings. The van der Waals surface area contributed by atoms with Crippen LogP contribution in [0.2, 0.25) is 0 Å². The van der Waals surface area contributed by atoms with Crippen molar-refractivity contribution in [3.8, 4) is 11.5 Å². The van der Waals surface area contributed by atoms with Crippen LogP contribution >= 0.6 is 0 Å². The van der Waals surface area contributed by atoms with Gasteiger partial charge in [-0.1, -0.05) is 6.07 Å². The van der Waals surface area contributed by atoms with Gasteiger partial charge in [-0.3, -0.25) is 9.69 Å². The van der Waals surface area contributed by atoms with Crippen LogP contribution in [0, 0.1) is 5.82 Å². The topological polar surface area (TPSA) is 54.5 Å². The third-order valence-electron chi connectivity index (χ3n) is 5.70. The number of ether oxygens (including phenoxy) is 3. The Kier molecular flexibility index (Phi) is 9.05. The molecule has 0 radical (unpaired) electrons. The predicted octanol–water partition coefficient (Wildman–Crippen LogP) is 2.75. The molecule has 0 spiro atoms. The molecule has 33 heavy (non-hydrogen) atoms. The lowest BCUT2D eigenvalue weighted by atomic mass is 10.1. The molecule has 0 saturated carbocycles. The highest BCUT2D eigenvalue weighted by Crippen LogP contribution is 2.28. The number of carbonyl (C=O) groups is 1. The second kappa shape index (κ2) is 12.0. The fourth-order valence-electron chi connectivity index (χ4n) is 3.89. The number of hydrogen-bond acceptors (Lipinski definition) is 6. The Bertz CT molecular complexity index is 907. The quantitative estimate of drug-likeness (QED) is 0.545. The smallest absolute Gasteiger partial charge is 0.253 e. The second-order valence-corrected chi connectivity index (χ2v) is 8.48. The average Bonchev–Trinajstić information content (AvgIpc) is 2.81. The van der Waals surface area contributed by atoms with Crippen LogP contribution in [0.15, 0.2) is 42.5 Å². The number of halogens is 1. The van der Waals surface area contributed by atoms with E-state index in [4.69, 9.17) is 14.2 Å². The Morgan fingerprint density at radius 1 is 1.09 bits per heavy atom. The summed E-state index contributed by atoms with van der Waals surface area (Å²) in [5, 5.41) is 0. The van der Waals surface area contributed by atoms with E-state index in [2.05, 4.69) is 4.90 Å². The van der Waals surface area contributed by atoms with Gasteiger partial charge in [0, 0.05) is 44.8 Å². The minimum Gasteiger partial charge on any atom is -0.493 e. The van der Waals surface area contributed by atoms with E-state index in [9.17, 15) is 9.18 Å². The maximum absolute atomic E-state index is 13.3. The Morgan fingerprint density at radius 3 is 2.48 bits per heavy atom. The summed E-state index contributed by atoms with van der Waals surface area (Å²) in [7, 11) is 7.21. The van der Waals surface area contributed by atoms with Gasteiger partial charge in [-0.25, -0.2) is 4.39 Å². The summed E-state index contributed by atoms with van der Waals surface area (Å²) in [5.41, 5.74) is 1.60. The molecule has 1 heterocycles. The monoisotopic (exact) mass is 459 g/mol. The molecule has 1 saturated heterocycles. The lowest BCUT2D eigenvalue weighted by Crippen LogP contribution is -2.49. The number of nitrogens with zero attached hydrogens (tertiary/aromatic N) is 3. The number of amides is 1. The van der Waals surface area contributed by atoms with Crippen LogP contribution in [0.4, 0.5) is 4.39 Å². The Morgan fingerprint density at radius 2 is 1.82 bits per heavy atom. The molecule has 3 rings (SSSR count). The fourth-order valence-corrected chi connectivity index (χ4v) is 3.89. The standard InChI is InChI=1S/C25H34FN3O4/c1-27(2)11-12-29(25(30)20-6-8-21(26)9-7-20)18-22-17-28(13-14-33-22)16-19-5-10-23(31-3)24(15-19)32-4/h5-10,15,22H,11-14,16-18H2,1-4H3. The highest BCUT2D eigenvalue weighted by atomic mass is 19.1. The van der Waals surface area contributed by atoms with Crippen molar-refractivity contribution in [2.45, 2.75) is 12.6 Å². The number of rotatable bonds is 10. The number of likely N-dealkylation sites (N-methyl/N-ethyl adjacent to an activating group) is 1. The van der Waals surface area contributed by atoms with Crippen molar-refractivity contribution in [1.82, 2.24) is 14.7 Å². The van der Waals surface area contributed by atoms with Crippen molar-refractivity contribution in [1.29, 1.82) is 0 Å². The summed E-state index contributed by atoms with van der Waals surface area (Å²) in [6.07, 6.45) is -0.106. The molecular weight excluding hydrogens is 425 g/mol. The minimum atomic E-state index is -0.354. The van der Waals surface area contributed by atoms with E-state index in [0.717, 1.165) is 25.2 Å². The van der Waals surface area contributed by atoms with Gasteiger partial charge in [-0.05, 0) is 56.1 Å². The van der Waals surface area contributed by atoms with Crippen molar-refractivity contribution < 1.29 is 23.4 Å². The lowest BCUT2D eigenvalue weighted by Gasteiger charge is -2.36. The number of methoxy groups -OCH3 is 2. The molecule has 0 N–H and O–H groups in total. The van der Waals surface area contributed by atoms with Crippen LogP contribution in [-0.2, 0) is 11.3 Å². The van der Waals surface area contributed by atoms with Crippen molar-refractivity contribution in [2.24, 2.45) is 0 Å². The van der Waals surface area contributed by atoms with Gasteiger partial charge in [0.25, 0.3) is 5.91 Å². The maximum Gasteiger partial charge on any atom is 0.253 e. The molecule has 0 bridgehead atoms. The summed E-state index contributed by atoms with van der Waals surface area (Å²) < 4.78 is 30.1. The molecule has 2 aromatic rings. The average molecular weight is 460 g/mol. The van der Waals surface area contributed by atoms with E-state index in [-0.39, 0.29) is 17.8 Å². The third kappa shape index (κ3) is 7.15. The predicted molar refractivity (Wildman–Crippen MR) is 125 cm³/mol. The molecule has 1 aliphatic heterocycles. The van der Waals surface area contributed by atoms with Gasteiger partial charge >= 0.3 is 0 Å².